The minimum Gasteiger partial charge on any atom is -0.508 e. The minimum absolute atomic E-state index is 0.0556. The van der Waals surface area contributed by atoms with Gasteiger partial charge in [0.2, 0.25) is 10.0 Å². The van der Waals surface area contributed by atoms with E-state index >= 15 is 0 Å². The molecule has 0 aliphatic heterocycles. The standard InChI is InChI=1S/C14H22ClNO3S/c1-11(9-15)10-20(18,19)16-12(2)3-4-13-5-7-14(17)8-6-13/h5-8,11-12,16-17H,3-4,9-10H2,1-2H3. The Kier molecular flexibility index (Phi) is 6.79. The summed E-state index contributed by atoms with van der Waals surface area (Å²) < 4.78 is 26.4. The Morgan fingerprint density at radius 3 is 2.40 bits per heavy atom. The number of benzene rings is 1. The second kappa shape index (κ2) is 7.86. The van der Waals surface area contributed by atoms with Crippen LogP contribution in [-0.2, 0) is 16.4 Å². The van der Waals surface area contributed by atoms with Crippen molar-refractivity contribution in [3.8, 4) is 5.75 Å². The Balaban J connectivity index is 2.43. The number of sulfonamides is 1. The highest BCUT2D eigenvalue weighted by atomic mass is 35.5. The number of hydrogen-bond acceptors (Lipinski definition) is 3. The summed E-state index contributed by atoms with van der Waals surface area (Å²) in [6, 6.07) is 6.81. The summed E-state index contributed by atoms with van der Waals surface area (Å²) in [5, 5.41) is 9.19. The van der Waals surface area contributed by atoms with Crippen molar-refractivity contribution < 1.29 is 13.5 Å². The molecule has 20 heavy (non-hydrogen) atoms. The quantitative estimate of drug-likeness (QED) is 0.723. The number of rotatable bonds is 8. The number of aryl methyl sites for hydroxylation is 1. The van der Waals surface area contributed by atoms with Gasteiger partial charge in [0.1, 0.15) is 5.75 Å². The molecule has 1 aromatic rings. The summed E-state index contributed by atoms with van der Waals surface area (Å²) >= 11 is 5.64. The molecular formula is C14H22ClNO3S. The molecule has 0 spiro atoms. The number of hydrogen-bond donors (Lipinski definition) is 2. The zero-order chi connectivity index (χ0) is 15.2. The predicted molar refractivity (Wildman–Crippen MR) is 82.7 cm³/mol. The summed E-state index contributed by atoms with van der Waals surface area (Å²) in [7, 11) is -3.28. The normalized spacial score (nSPS) is 14.9. The smallest absolute Gasteiger partial charge is 0.212 e. The van der Waals surface area contributed by atoms with Crippen LogP contribution >= 0.6 is 11.6 Å². The second-order valence-electron chi connectivity index (χ2n) is 5.26. The van der Waals surface area contributed by atoms with E-state index in [1.807, 2.05) is 26.0 Å². The SMILES string of the molecule is CC(CCl)CS(=O)(=O)NC(C)CCc1ccc(O)cc1. The third kappa shape index (κ3) is 6.59. The maximum atomic E-state index is 11.9. The summed E-state index contributed by atoms with van der Waals surface area (Å²) in [5.74, 6) is 0.569. The van der Waals surface area contributed by atoms with Crippen molar-refractivity contribution in [1.82, 2.24) is 4.72 Å². The van der Waals surface area contributed by atoms with Gasteiger partial charge in [-0.25, -0.2) is 13.1 Å². The molecule has 4 nitrogen and oxygen atoms in total. The molecule has 0 saturated carbocycles. The fourth-order valence-electron chi connectivity index (χ4n) is 1.88. The van der Waals surface area contributed by atoms with Crippen molar-refractivity contribution in [3.63, 3.8) is 0 Å². The summed E-state index contributed by atoms with van der Waals surface area (Å²) in [6.45, 7) is 3.66. The Morgan fingerprint density at radius 2 is 1.85 bits per heavy atom. The minimum atomic E-state index is -3.28. The third-order valence-electron chi connectivity index (χ3n) is 2.95. The first-order valence-corrected chi connectivity index (χ1v) is 8.85. The van der Waals surface area contributed by atoms with Crippen molar-refractivity contribution in [3.05, 3.63) is 29.8 Å². The van der Waals surface area contributed by atoms with Crippen LogP contribution in [0.25, 0.3) is 0 Å². The van der Waals surface area contributed by atoms with Crippen LogP contribution in [0.2, 0.25) is 0 Å². The van der Waals surface area contributed by atoms with Gasteiger partial charge in [-0.3, -0.25) is 0 Å². The number of halogens is 1. The molecule has 0 aliphatic carbocycles. The maximum absolute atomic E-state index is 11.9. The molecule has 2 unspecified atom stereocenters. The van der Waals surface area contributed by atoms with E-state index in [4.69, 9.17) is 11.6 Å². The van der Waals surface area contributed by atoms with Crippen LogP contribution in [0, 0.1) is 5.92 Å². The molecule has 1 aromatic carbocycles. The van der Waals surface area contributed by atoms with Gasteiger partial charge in [-0.1, -0.05) is 19.1 Å². The van der Waals surface area contributed by atoms with E-state index in [1.165, 1.54) is 0 Å². The Hall–Kier alpha value is -0.780. The number of nitrogens with one attached hydrogen (secondary N) is 1. The van der Waals surface area contributed by atoms with Crippen LogP contribution in [0.4, 0.5) is 0 Å². The first-order valence-electron chi connectivity index (χ1n) is 6.66. The maximum Gasteiger partial charge on any atom is 0.212 e. The van der Waals surface area contributed by atoms with E-state index in [2.05, 4.69) is 4.72 Å². The Labute approximate surface area is 126 Å². The third-order valence-corrected chi connectivity index (χ3v) is 5.25. The molecule has 6 heteroatoms. The van der Waals surface area contributed by atoms with E-state index in [0.717, 1.165) is 12.0 Å². The van der Waals surface area contributed by atoms with Gasteiger partial charge >= 0.3 is 0 Å². The van der Waals surface area contributed by atoms with Crippen molar-refractivity contribution >= 4 is 21.6 Å². The van der Waals surface area contributed by atoms with E-state index in [9.17, 15) is 13.5 Å². The van der Waals surface area contributed by atoms with E-state index < -0.39 is 10.0 Å². The van der Waals surface area contributed by atoms with Crippen molar-refractivity contribution in [1.29, 1.82) is 0 Å². The lowest BCUT2D eigenvalue weighted by Gasteiger charge is -2.16. The number of phenols is 1. The molecule has 1 rings (SSSR count). The highest BCUT2D eigenvalue weighted by molar-refractivity contribution is 7.89. The molecule has 0 bridgehead atoms. The van der Waals surface area contributed by atoms with Gasteiger partial charge in [0.25, 0.3) is 0 Å². The predicted octanol–water partition coefficient (Wildman–Crippen LogP) is 2.51. The van der Waals surface area contributed by atoms with Crippen LogP contribution in [0.3, 0.4) is 0 Å². The van der Waals surface area contributed by atoms with Crippen molar-refractivity contribution in [2.24, 2.45) is 5.92 Å². The fraction of sp³-hybridized carbons (Fsp3) is 0.571. The lowest BCUT2D eigenvalue weighted by molar-refractivity contribution is 0.475. The number of aromatic hydroxyl groups is 1. The first kappa shape index (κ1) is 17.3. The largest absolute Gasteiger partial charge is 0.508 e. The molecular weight excluding hydrogens is 298 g/mol. The molecule has 114 valence electrons. The Bertz CT molecular complexity index is 502. The average molecular weight is 320 g/mol. The molecule has 0 aromatic heterocycles. The van der Waals surface area contributed by atoms with E-state index in [1.54, 1.807) is 12.1 Å². The summed E-state index contributed by atoms with van der Waals surface area (Å²) in [6.07, 6.45) is 1.47. The van der Waals surface area contributed by atoms with Gasteiger partial charge in [0.05, 0.1) is 5.75 Å². The van der Waals surface area contributed by atoms with Gasteiger partial charge in [-0.2, -0.15) is 0 Å². The van der Waals surface area contributed by atoms with Crippen LogP contribution < -0.4 is 4.72 Å². The van der Waals surface area contributed by atoms with Gasteiger partial charge in [-0.15, -0.1) is 11.6 Å². The summed E-state index contributed by atoms with van der Waals surface area (Å²) in [4.78, 5) is 0. The van der Waals surface area contributed by atoms with Crippen molar-refractivity contribution in [2.45, 2.75) is 32.7 Å². The highest BCUT2D eigenvalue weighted by Crippen LogP contribution is 2.12. The molecule has 0 saturated heterocycles. The molecule has 2 atom stereocenters. The fourth-order valence-corrected chi connectivity index (χ4v) is 3.81. The van der Waals surface area contributed by atoms with Gasteiger partial charge in [-0.05, 0) is 43.4 Å². The van der Waals surface area contributed by atoms with Gasteiger partial charge in [0.15, 0.2) is 0 Å². The first-order chi connectivity index (χ1) is 9.32. The lowest BCUT2D eigenvalue weighted by Crippen LogP contribution is -2.36. The van der Waals surface area contributed by atoms with Crippen molar-refractivity contribution in [2.75, 3.05) is 11.6 Å². The molecule has 0 fully saturated rings. The zero-order valence-corrected chi connectivity index (χ0v) is 13.4. The molecule has 0 radical (unpaired) electrons. The molecule has 2 N–H and O–H groups in total. The topological polar surface area (TPSA) is 66.4 Å². The van der Waals surface area contributed by atoms with Crippen LogP contribution in [0.1, 0.15) is 25.8 Å². The van der Waals surface area contributed by atoms with Gasteiger partial charge < -0.3 is 5.11 Å². The van der Waals surface area contributed by atoms with E-state index in [-0.39, 0.29) is 23.5 Å². The molecule has 0 amide bonds. The highest BCUT2D eigenvalue weighted by Gasteiger charge is 2.17. The molecule has 0 heterocycles. The van der Waals surface area contributed by atoms with Crippen LogP contribution in [-0.4, -0.2) is 31.2 Å². The van der Waals surface area contributed by atoms with Crippen LogP contribution in [0.5, 0.6) is 5.75 Å². The van der Waals surface area contributed by atoms with E-state index in [0.29, 0.717) is 12.3 Å². The summed E-state index contributed by atoms with van der Waals surface area (Å²) in [5.41, 5.74) is 1.07. The number of alkyl halides is 1. The van der Waals surface area contributed by atoms with Gasteiger partial charge in [0, 0.05) is 11.9 Å². The Morgan fingerprint density at radius 1 is 1.25 bits per heavy atom. The average Bonchev–Trinajstić information content (AvgIpc) is 2.36. The lowest BCUT2D eigenvalue weighted by atomic mass is 10.1. The number of phenolic OH excluding ortho intramolecular Hbond substituents is 1. The zero-order valence-electron chi connectivity index (χ0n) is 11.8. The second-order valence-corrected chi connectivity index (χ2v) is 7.37. The monoisotopic (exact) mass is 319 g/mol. The molecule has 0 aliphatic rings. The van der Waals surface area contributed by atoms with Crippen LogP contribution in [0.15, 0.2) is 24.3 Å².